The van der Waals surface area contributed by atoms with E-state index in [2.05, 4.69) is 20.8 Å². The first-order valence-corrected chi connectivity index (χ1v) is 9.34. The van der Waals surface area contributed by atoms with Crippen LogP contribution in [-0.4, -0.2) is 31.9 Å². The summed E-state index contributed by atoms with van der Waals surface area (Å²) in [5.74, 6) is 0.639. The summed E-state index contributed by atoms with van der Waals surface area (Å²) >= 11 is 0. The Labute approximate surface area is 168 Å². The van der Waals surface area contributed by atoms with Crippen molar-refractivity contribution in [2.45, 2.75) is 12.6 Å². The van der Waals surface area contributed by atoms with Gasteiger partial charge < -0.3 is 15.2 Å². The topological polar surface area (TPSA) is 85.1 Å². The molecule has 0 aliphatic carbocycles. The SMILES string of the molecule is O[C@H](CNCc1cccc(Oc2nnnn2-c2ccccc2)c1)c1ccccc1. The Kier molecular flexibility index (Phi) is 5.89. The molecule has 4 rings (SSSR count). The number of rotatable bonds is 8. The van der Waals surface area contributed by atoms with Gasteiger partial charge in [-0.3, -0.25) is 0 Å². The van der Waals surface area contributed by atoms with Crippen LogP contribution < -0.4 is 10.1 Å². The second kappa shape index (κ2) is 9.09. The first-order valence-electron chi connectivity index (χ1n) is 9.34. The van der Waals surface area contributed by atoms with E-state index in [0.717, 1.165) is 16.8 Å². The molecular formula is C22H21N5O2. The van der Waals surface area contributed by atoms with E-state index >= 15 is 0 Å². The zero-order valence-electron chi connectivity index (χ0n) is 15.7. The van der Waals surface area contributed by atoms with Gasteiger partial charge in [0.05, 0.1) is 11.8 Å². The van der Waals surface area contributed by atoms with Gasteiger partial charge in [-0.2, -0.15) is 4.68 Å². The number of aliphatic hydroxyl groups excluding tert-OH is 1. The van der Waals surface area contributed by atoms with Crippen molar-refractivity contribution >= 4 is 0 Å². The Morgan fingerprint density at radius 1 is 0.931 bits per heavy atom. The summed E-state index contributed by atoms with van der Waals surface area (Å²) in [5.41, 5.74) is 2.74. The van der Waals surface area contributed by atoms with E-state index in [1.165, 1.54) is 0 Å². The average molecular weight is 387 g/mol. The van der Waals surface area contributed by atoms with Gasteiger partial charge in [0.1, 0.15) is 5.75 Å². The molecule has 7 heteroatoms. The summed E-state index contributed by atoms with van der Waals surface area (Å²) in [7, 11) is 0. The molecule has 1 aromatic heterocycles. The van der Waals surface area contributed by atoms with Crippen LogP contribution >= 0.6 is 0 Å². The second-order valence-corrected chi connectivity index (χ2v) is 6.52. The second-order valence-electron chi connectivity index (χ2n) is 6.52. The number of aliphatic hydroxyl groups is 1. The normalized spacial score (nSPS) is 11.9. The first-order chi connectivity index (χ1) is 14.3. The zero-order valence-corrected chi connectivity index (χ0v) is 15.7. The molecule has 0 saturated heterocycles. The molecular weight excluding hydrogens is 366 g/mol. The van der Waals surface area contributed by atoms with Crippen molar-refractivity contribution in [1.29, 1.82) is 0 Å². The van der Waals surface area contributed by atoms with Crippen LogP contribution in [0, 0.1) is 0 Å². The van der Waals surface area contributed by atoms with Crippen molar-refractivity contribution in [1.82, 2.24) is 25.5 Å². The molecule has 29 heavy (non-hydrogen) atoms. The number of hydrogen-bond acceptors (Lipinski definition) is 6. The van der Waals surface area contributed by atoms with Gasteiger partial charge in [0.15, 0.2) is 0 Å². The maximum absolute atomic E-state index is 10.3. The third-order valence-electron chi connectivity index (χ3n) is 4.40. The molecule has 0 aliphatic rings. The summed E-state index contributed by atoms with van der Waals surface area (Å²) in [4.78, 5) is 0. The van der Waals surface area contributed by atoms with Gasteiger partial charge >= 0.3 is 6.01 Å². The molecule has 1 heterocycles. The van der Waals surface area contributed by atoms with E-state index in [1.807, 2.05) is 84.9 Å². The molecule has 0 amide bonds. The Hall–Kier alpha value is -3.55. The van der Waals surface area contributed by atoms with E-state index in [4.69, 9.17) is 4.74 Å². The Morgan fingerprint density at radius 3 is 2.48 bits per heavy atom. The third kappa shape index (κ3) is 4.84. The lowest BCUT2D eigenvalue weighted by Gasteiger charge is -2.12. The van der Waals surface area contributed by atoms with Gasteiger partial charge in [0.25, 0.3) is 0 Å². The molecule has 4 aromatic rings. The van der Waals surface area contributed by atoms with Crippen molar-refractivity contribution in [2.24, 2.45) is 0 Å². The number of para-hydroxylation sites is 1. The zero-order chi connectivity index (χ0) is 19.9. The van der Waals surface area contributed by atoms with Gasteiger partial charge in [0.2, 0.25) is 0 Å². The molecule has 0 aliphatic heterocycles. The average Bonchev–Trinajstić information content (AvgIpc) is 3.23. The molecule has 1 atom stereocenters. The Bertz CT molecular complexity index is 1040. The van der Waals surface area contributed by atoms with Crippen LogP contribution in [0.15, 0.2) is 84.9 Å². The van der Waals surface area contributed by atoms with Gasteiger partial charge in [-0.15, -0.1) is 0 Å². The van der Waals surface area contributed by atoms with Crippen LogP contribution in [-0.2, 0) is 6.54 Å². The molecule has 146 valence electrons. The van der Waals surface area contributed by atoms with Crippen LogP contribution in [0.1, 0.15) is 17.2 Å². The Morgan fingerprint density at radius 2 is 1.69 bits per heavy atom. The lowest BCUT2D eigenvalue weighted by atomic mass is 10.1. The molecule has 0 fully saturated rings. The number of benzene rings is 3. The minimum atomic E-state index is -0.550. The van der Waals surface area contributed by atoms with E-state index < -0.39 is 6.10 Å². The lowest BCUT2D eigenvalue weighted by molar-refractivity contribution is 0.174. The van der Waals surface area contributed by atoms with Crippen molar-refractivity contribution in [3.8, 4) is 17.4 Å². The summed E-state index contributed by atoms with van der Waals surface area (Å²) in [6.45, 7) is 1.06. The predicted octanol–water partition coefficient (Wildman–Crippen LogP) is 3.28. The Balaban J connectivity index is 1.38. The molecule has 3 aromatic carbocycles. The third-order valence-corrected chi connectivity index (χ3v) is 4.40. The predicted molar refractivity (Wildman–Crippen MR) is 109 cm³/mol. The highest BCUT2D eigenvalue weighted by Gasteiger charge is 2.11. The van der Waals surface area contributed by atoms with Gasteiger partial charge in [0, 0.05) is 13.1 Å². The maximum atomic E-state index is 10.3. The van der Waals surface area contributed by atoms with Crippen LogP contribution in [0.3, 0.4) is 0 Å². The quantitative estimate of drug-likeness (QED) is 0.483. The lowest BCUT2D eigenvalue weighted by Crippen LogP contribution is -2.21. The number of nitrogens with one attached hydrogen (secondary N) is 1. The molecule has 0 unspecified atom stereocenters. The fourth-order valence-corrected chi connectivity index (χ4v) is 2.94. The van der Waals surface area contributed by atoms with Gasteiger partial charge in [-0.1, -0.05) is 65.8 Å². The van der Waals surface area contributed by atoms with E-state index in [9.17, 15) is 5.11 Å². The number of aromatic nitrogens is 4. The fraction of sp³-hybridized carbons (Fsp3) is 0.136. The number of tetrazole rings is 1. The summed E-state index contributed by atoms with van der Waals surface area (Å²) in [5, 5.41) is 25.2. The number of ether oxygens (including phenoxy) is 1. The standard InChI is InChI=1S/C22H21N5O2/c28-21(18-9-3-1-4-10-18)16-23-15-17-8-7-13-20(14-17)29-22-24-25-26-27(22)19-11-5-2-6-12-19/h1-14,21,23,28H,15-16H2/t21-/m1/s1. The fourth-order valence-electron chi connectivity index (χ4n) is 2.94. The smallest absolute Gasteiger partial charge is 0.345 e. The van der Waals surface area contributed by atoms with Crippen LogP contribution in [0.2, 0.25) is 0 Å². The monoisotopic (exact) mass is 387 g/mol. The van der Waals surface area contributed by atoms with Gasteiger partial charge in [-0.25, -0.2) is 0 Å². The first kappa shape index (κ1) is 18.8. The molecule has 0 saturated carbocycles. The van der Waals surface area contributed by atoms with Crippen LogP contribution in [0.5, 0.6) is 11.8 Å². The maximum Gasteiger partial charge on any atom is 0.345 e. The van der Waals surface area contributed by atoms with Gasteiger partial charge in [-0.05, 0) is 45.8 Å². The highest BCUT2D eigenvalue weighted by atomic mass is 16.5. The molecule has 0 bridgehead atoms. The molecule has 7 nitrogen and oxygen atoms in total. The number of hydrogen-bond donors (Lipinski definition) is 2. The highest BCUT2D eigenvalue weighted by Crippen LogP contribution is 2.22. The minimum Gasteiger partial charge on any atom is -0.423 e. The highest BCUT2D eigenvalue weighted by molar-refractivity contribution is 5.34. The van der Waals surface area contributed by atoms with E-state index in [0.29, 0.717) is 24.8 Å². The molecule has 2 N–H and O–H groups in total. The minimum absolute atomic E-state index is 0.292. The van der Waals surface area contributed by atoms with Crippen molar-refractivity contribution < 1.29 is 9.84 Å². The summed E-state index contributed by atoms with van der Waals surface area (Å²) in [6, 6.07) is 27.1. The van der Waals surface area contributed by atoms with Crippen molar-refractivity contribution in [2.75, 3.05) is 6.54 Å². The van der Waals surface area contributed by atoms with Crippen molar-refractivity contribution in [3.63, 3.8) is 0 Å². The molecule has 0 radical (unpaired) electrons. The van der Waals surface area contributed by atoms with Crippen LogP contribution in [0.4, 0.5) is 0 Å². The largest absolute Gasteiger partial charge is 0.423 e. The van der Waals surface area contributed by atoms with E-state index in [-0.39, 0.29) is 0 Å². The van der Waals surface area contributed by atoms with Crippen molar-refractivity contribution in [3.05, 3.63) is 96.1 Å². The van der Waals surface area contributed by atoms with Crippen LogP contribution in [0.25, 0.3) is 5.69 Å². The summed E-state index contributed by atoms with van der Waals surface area (Å²) < 4.78 is 7.43. The van der Waals surface area contributed by atoms with E-state index in [1.54, 1.807) is 4.68 Å². The summed E-state index contributed by atoms with van der Waals surface area (Å²) in [6.07, 6.45) is -0.550. The molecule has 0 spiro atoms. The number of nitrogens with zero attached hydrogens (tertiary/aromatic N) is 4.